The van der Waals surface area contributed by atoms with E-state index in [1.807, 2.05) is 0 Å². The fraction of sp³-hybridized carbons (Fsp3) is 0.562. The van der Waals surface area contributed by atoms with Crippen LogP contribution >= 0.6 is 0 Å². The zero-order valence-electron chi connectivity index (χ0n) is 13.5. The van der Waals surface area contributed by atoms with Crippen molar-refractivity contribution >= 4 is 0 Å². The van der Waals surface area contributed by atoms with Crippen LogP contribution in [0.2, 0.25) is 0 Å². The SMILES string of the molecule is COc1c(C2C(C#N)OC(C)(C(F)(F)F)C2C)cccc1C(F)(F)F. The van der Waals surface area contributed by atoms with E-state index in [0.29, 0.717) is 0 Å². The highest BCUT2D eigenvalue weighted by atomic mass is 19.4. The van der Waals surface area contributed by atoms with Crippen LogP contribution in [-0.4, -0.2) is 25.0 Å². The van der Waals surface area contributed by atoms with Gasteiger partial charge in [0.2, 0.25) is 0 Å². The van der Waals surface area contributed by atoms with Crippen molar-refractivity contribution in [2.75, 3.05) is 7.11 Å². The molecule has 2 rings (SSSR count). The van der Waals surface area contributed by atoms with Crippen molar-refractivity contribution in [3.8, 4) is 11.8 Å². The predicted octanol–water partition coefficient (Wildman–Crippen LogP) is 4.68. The highest BCUT2D eigenvalue weighted by Gasteiger charge is 2.64. The number of ether oxygens (including phenoxy) is 2. The van der Waals surface area contributed by atoms with E-state index in [1.165, 1.54) is 13.0 Å². The van der Waals surface area contributed by atoms with E-state index in [1.54, 1.807) is 6.07 Å². The summed E-state index contributed by atoms with van der Waals surface area (Å²) < 4.78 is 89.5. The largest absolute Gasteiger partial charge is 0.496 e. The molecule has 138 valence electrons. The molecule has 0 amide bonds. The minimum Gasteiger partial charge on any atom is -0.496 e. The topological polar surface area (TPSA) is 42.2 Å². The molecule has 4 atom stereocenters. The Kier molecular flexibility index (Phi) is 4.72. The maximum atomic E-state index is 13.4. The molecule has 1 aliphatic rings. The van der Waals surface area contributed by atoms with E-state index < -0.39 is 47.2 Å². The lowest BCUT2D eigenvalue weighted by molar-refractivity contribution is -0.270. The lowest BCUT2D eigenvalue weighted by Gasteiger charge is -2.32. The van der Waals surface area contributed by atoms with Crippen molar-refractivity contribution in [2.45, 2.75) is 43.8 Å². The first-order valence-corrected chi connectivity index (χ1v) is 7.26. The van der Waals surface area contributed by atoms with Crippen LogP contribution in [0.15, 0.2) is 18.2 Å². The molecule has 0 spiro atoms. The van der Waals surface area contributed by atoms with Crippen LogP contribution in [0.5, 0.6) is 5.75 Å². The van der Waals surface area contributed by atoms with E-state index in [9.17, 15) is 31.6 Å². The Morgan fingerprint density at radius 1 is 1.20 bits per heavy atom. The molecule has 1 aliphatic heterocycles. The summed E-state index contributed by atoms with van der Waals surface area (Å²) in [6.45, 7) is 2.00. The smallest absolute Gasteiger partial charge is 0.419 e. The summed E-state index contributed by atoms with van der Waals surface area (Å²) in [5, 5.41) is 9.20. The summed E-state index contributed by atoms with van der Waals surface area (Å²) in [6.07, 6.45) is -11.1. The van der Waals surface area contributed by atoms with E-state index in [4.69, 9.17) is 9.47 Å². The summed E-state index contributed by atoms with van der Waals surface area (Å²) in [4.78, 5) is 0. The van der Waals surface area contributed by atoms with Gasteiger partial charge in [-0.25, -0.2) is 0 Å². The van der Waals surface area contributed by atoms with Gasteiger partial charge in [-0.2, -0.15) is 31.6 Å². The number of hydrogen-bond donors (Lipinski definition) is 0. The molecular formula is C16H15F6NO2. The van der Waals surface area contributed by atoms with E-state index in [2.05, 4.69) is 0 Å². The van der Waals surface area contributed by atoms with Gasteiger partial charge in [0.1, 0.15) is 5.75 Å². The van der Waals surface area contributed by atoms with Crippen LogP contribution < -0.4 is 4.74 Å². The highest BCUT2D eigenvalue weighted by molar-refractivity contribution is 5.47. The number of para-hydroxylation sites is 1. The van der Waals surface area contributed by atoms with Crippen LogP contribution in [0, 0.1) is 17.2 Å². The molecule has 1 saturated heterocycles. The molecule has 1 heterocycles. The normalized spacial score (nSPS) is 30.2. The fourth-order valence-corrected chi connectivity index (χ4v) is 3.18. The number of hydrogen-bond acceptors (Lipinski definition) is 3. The number of halogens is 6. The Balaban J connectivity index is 2.64. The van der Waals surface area contributed by atoms with Crippen molar-refractivity contribution in [3.05, 3.63) is 29.3 Å². The lowest BCUT2D eigenvalue weighted by atomic mass is 9.77. The quantitative estimate of drug-likeness (QED) is 0.713. The minimum atomic E-state index is -4.79. The van der Waals surface area contributed by atoms with E-state index >= 15 is 0 Å². The lowest BCUT2D eigenvalue weighted by Crippen LogP contribution is -2.46. The van der Waals surface area contributed by atoms with Gasteiger partial charge in [0.25, 0.3) is 0 Å². The second-order valence-electron chi connectivity index (χ2n) is 6.01. The standard InChI is InChI=1S/C16H15F6NO2/c1-8-12(11(7-23)25-14(8,2)16(20,21)22)9-5-4-6-10(13(9)24-3)15(17,18)19/h4-6,8,11-12H,1-3H3. The van der Waals surface area contributed by atoms with Gasteiger partial charge in [0, 0.05) is 17.4 Å². The van der Waals surface area contributed by atoms with Gasteiger partial charge in [-0.05, 0) is 13.0 Å². The monoisotopic (exact) mass is 367 g/mol. The number of nitrogens with zero attached hydrogens (tertiary/aromatic N) is 1. The molecule has 1 aromatic rings. The highest BCUT2D eigenvalue weighted by Crippen LogP contribution is 2.55. The Morgan fingerprint density at radius 2 is 1.80 bits per heavy atom. The van der Waals surface area contributed by atoms with Gasteiger partial charge >= 0.3 is 12.4 Å². The maximum Gasteiger partial charge on any atom is 0.419 e. The summed E-state index contributed by atoms with van der Waals surface area (Å²) >= 11 is 0. The zero-order valence-corrected chi connectivity index (χ0v) is 13.5. The first-order chi connectivity index (χ1) is 11.4. The molecule has 4 unspecified atom stereocenters. The Hall–Kier alpha value is -1.95. The Morgan fingerprint density at radius 3 is 2.24 bits per heavy atom. The summed E-state index contributed by atoms with van der Waals surface area (Å²) in [6, 6.07) is 4.69. The van der Waals surface area contributed by atoms with Crippen molar-refractivity contribution < 1.29 is 35.8 Å². The summed E-state index contributed by atoms with van der Waals surface area (Å²) in [7, 11) is 0.999. The second-order valence-corrected chi connectivity index (χ2v) is 6.01. The van der Waals surface area contributed by atoms with Gasteiger partial charge in [-0.15, -0.1) is 0 Å². The molecule has 0 radical (unpaired) electrons. The minimum absolute atomic E-state index is 0.135. The molecule has 0 saturated carbocycles. The fourth-order valence-electron chi connectivity index (χ4n) is 3.18. The van der Waals surface area contributed by atoms with Gasteiger partial charge in [0.15, 0.2) is 11.7 Å². The first kappa shape index (κ1) is 19.4. The van der Waals surface area contributed by atoms with Gasteiger partial charge in [0.05, 0.1) is 18.7 Å². The summed E-state index contributed by atoms with van der Waals surface area (Å²) in [5.74, 6) is -3.12. The number of rotatable bonds is 2. The average Bonchev–Trinajstić information content (AvgIpc) is 2.77. The van der Waals surface area contributed by atoms with Crippen LogP contribution in [-0.2, 0) is 10.9 Å². The number of methoxy groups -OCH3 is 1. The number of alkyl halides is 6. The van der Waals surface area contributed by atoms with Crippen LogP contribution in [0.3, 0.4) is 0 Å². The third-order valence-corrected chi connectivity index (χ3v) is 4.71. The molecule has 9 heteroatoms. The molecule has 1 fully saturated rings. The molecule has 25 heavy (non-hydrogen) atoms. The Labute approximate surface area is 140 Å². The molecular weight excluding hydrogens is 352 g/mol. The second kappa shape index (κ2) is 6.09. The van der Waals surface area contributed by atoms with E-state index in [-0.39, 0.29) is 5.56 Å². The Bertz CT molecular complexity index is 693. The van der Waals surface area contributed by atoms with Gasteiger partial charge in [-0.3, -0.25) is 0 Å². The molecule has 0 N–H and O–H groups in total. The van der Waals surface area contributed by atoms with Crippen LogP contribution in [0.4, 0.5) is 26.3 Å². The predicted molar refractivity (Wildman–Crippen MR) is 74.8 cm³/mol. The van der Waals surface area contributed by atoms with Crippen molar-refractivity contribution in [1.29, 1.82) is 5.26 Å². The van der Waals surface area contributed by atoms with Crippen molar-refractivity contribution in [1.82, 2.24) is 0 Å². The number of benzene rings is 1. The number of nitriles is 1. The zero-order chi connectivity index (χ0) is 19.2. The van der Waals surface area contributed by atoms with Gasteiger partial charge in [-0.1, -0.05) is 19.1 Å². The van der Waals surface area contributed by atoms with Gasteiger partial charge < -0.3 is 9.47 Å². The average molecular weight is 367 g/mol. The summed E-state index contributed by atoms with van der Waals surface area (Å²) in [5.41, 5.74) is -3.90. The maximum absolute atomic E-state index is 13.4. The van der Waals surface area contributed by atoms with Crippen LogP contribution in [0.1, 0.15) is 30.9 Å². The first-order valence-electron chi connectivity index (χ1n) is 7.26. The molecule has 0 bridgehead atoms. The van der Waals surface area contributed by atoms with Crippen molar-refractivity contribution in [2.24, 2.45) is 5.92 Å². The molecule has 3 nitrogen and oxygen atoms in total. The van der Waals surface area contributed by atoms with E-state index in [0.717, 1.165) is 26.2 Å². The third-order valence-electron chi connectivity index (χ3n) is 4.71. The molecule has 0 aliphatic carbocycles. The third kappa shape index (κ3) is 3.03. The molecule has 1 aromatic carbocycles. The van der Waals surface area contributed by atoms with Crippen LogP contribution in [0.25, 0.3) is 0 Å². The van der Waals surface area contributed by atoms with Crippen molar-refractivity contribution in [3.63, 3.8) is 0 Å². The molecule has 0 aromatic heterocycles.